The molecule has 1 aromatic rings. The van der Waals surface area contributed by atoms with E-state index in [0.29, 0.717) is 0 Å². The molecule has 2 heterocycles. The fraction of sp³-hybridized carbons (Fsp3) is 0.750. The molecule has 0 atom stereocenters. The average Bonchev–Trinajstić information content (AvgIpc) is 2.58. The Bertz CT molecular complexity index is 318. The molecular formula is C12H20N2O. The Labute approximate surface area is 91.1 Å². The van der Waals surface area contributed by atoms with Crippen LogP contribution >= 0.6 is 0 Å². The van der Waals surface area contributed by atoms with Crippen molar-refractivity contribution in [3.63, 3.8) is 0 Å². The molecule has 0 fully saturated rings. The summed E-state index contributed by atoms with van der Waals surface area (Å²) in [6.07, 6.45) is 6.67. The van der Waals surface area contributed by atoms with E-state index in [0.717, 1.165) is 25.1 Å². The standard InChI is InChI=1S/C12H20N2O/c1-12(2,9-15)7-10-8-14-6-4-3-5-11(14)13-10/h8,15H,3-7,9H2,1-2H3. The number of fused-ring (bicyclic) bond motifs is 1. The predicted molar refractivity (Wildman–Crippen MR) is 59.7 cm³/mol. The number of imidazole rings is 1. The molecule has 0 amide bonds. The number of hydrogen-bond donors (Lipinski definition) is 1. The minimum atomic E-state index is -0.0511. The van der Waals surface area contributed by atoms with E-state index in [9.17, 15) is 5.11 Å². The highest BCUT2D eigenvalue weighted by molar-refractivity contribution is 5.08. The predicted octanol–water partition coefficient (Wildman–Crippen LogP) is 1.78. The number of aliphatic hydroxyl groups is 1. The van der Waals surface area contributed by atoms with E-state index in [-0.39, 0.29) is 12.0 Å². The molecule has 0 unspecified atom stereocenters. The van der Waals surface area contributed by atoms with Crippen LogP contribution in [0.5, 0.6) is 0 Å². The van der Waals surface area contributed by atoms with Crippen molar-refractivity contribution >= 4 is 0 Å². The number of rotatable bonds is 3. The third-order valence-corrected chi connectivity index (χ3v) is 3.05. The monoisotopic (exact) mass is 208 g/mol. The first-order chi connectivity index (χ1) is 7.11. The van der Waals surface area contributed by atoms with E-state index in [1.54, 1.807) is 0 Å². The summed E-state index contributed by atoms with van der Waals surface area (Å²) in [5.41, 5.74) is 1.08. The Balaban J connectivity index is 2.13. The Morgan fingerprint density at radius 2 is 2.27 bits per heavy atom. The molecule has 0 aromatic carbocycles. The topological polar surface area (TPSA) is 38.0 Å². The second-order valence-corrected chi connectivity index (χ2v) is 5.30. The van der Waals surface area contributed by atoms with E-state index in [1.807, 2.05) is 0 Å². The summed E-state index contributed by atoms with van der Waals surface area (Å²) in [6.45, 7) is 5.48. The molecule has 0 saturated heterocycles. The Morgan fingerprint density at radius 3 is 2.93 bits per heavy atom. The Morgan fingerprint density at radius 1 is 1.47 bits per heavy atom. The Hall–Kier alpha value is -0.830. The molecule has 3 nitrogen and oxygen atoms in total. The van der Waals surface area contributed by atoms with Crippen molar-refractivity contribution in [1.29, 1.82) is 0 Å². The van der Waals surface area contributed by atoms with Gasteiger partial charge in [-0.2, -0.15) is 0 Å². The van der Waals surface area contributed by atoms with Crippen molar-refractivity contribution < 1.29 is 5.11 Å². The van der Waals surface area contributed by atoms with Gasteiger partial charge in [0.25, 0.3) is 0 Å². The quantitative estimate of drug-likeness (QED) is 0.822. The number of aliphatic hydroxyl groups excluding tert-OH is 1. The summed E-state index contributed by atoms with van der Waals surface area (Å²) >= 11 is 0. The van der Waals surface area contributed by atoms with Crippen molar-refractivity contribution in [3.8, 4) is 0 Å². The molecule has 0 radical (unpaired) electrons. The second kappa shape index (κ2) is 3.97. The lowest BCUT2D eigenvalue weighted by molar-refractivity contribution is 0.158. The van der Waals surface area contributed by atoms with Crippen LogP contribution in [0.1, 0.15) is 38.2 Å². The van der Waals surface area contributed by atoms with Gasteiger partial charge in [-0.1, -0.05) is 13.8 Å². The molecule has 15 heavy (non-hydrogen) atoms. The molecule has 0 spiro atoms. The lowest BCUT2D eigenvalue weighted by Crippen LogP contribution is -2.19. The third kappa shape index (κ3) is 2.40. The molecular weight excluding hydrogens is 188 g/mol. The molecule has 3 heteroatoms. The summed E-state index contributed by atoms with van der Waals surface area (Å²) in [5, 5.41) is 9.22. The maximum absolute atomic E-state index is 9.22. The molecule has 1 aliphatic heterocycles. The molecule has 84 valence electrons. The summed E-state index contributed by atoms with van der Waals surface area (Å²) < 4.78 is 2.27. The van der Waals surface area contributed by atoms with E-state index < -0.39 is 0 Å². The normalized spacial score (nSPS) is 16.5. The number of aryl methyl sites for hydroxylation is 2. The van der Waals surface area contributed by atoms with Gasteiger partial charge in [0.2, 0.25) is 0 Å². The van der Waals surface area contributed by atoms with Crippen LogP contribution in [0.4, 0.5) is 0 Å². The van der Waals surface area contributed by atoms with Crippen molar-refractivity contribution in [2.24, 2.45) is 5.41 Å². The highest BCUT2D eigenvalue weighted by Crippen LogP contribution is 2.22. The lowest BCUT2D eigenvalue weighted by atomic mass is 9.89. The maximum atomic E-state index is 9.22. The average molecular weight is 208 g/mol. The molecule has 1 N–H and O–H groups in total. The second-order valence-electron chi connectivity index (χ2n) is 5.30. The van der Waals surface area contributed by atoms with Crippen LogP contribution in [0.2, 0.25) is 0 Å². The van der Waals surface area contributed by atoms with Gasteiger partial charge in [-0.3, -0.25) is 0 Å². The molecule has 2 rings (SSSR count). The van der Waals surface area contributed by atoms with Crippen molar-refractivity contribution in [2.75, 3.05) is 6.61 Å². The largest absolute Gasteiger partial charge is 0.396 e. The molecule has 0 saturated carbocycles. The van der Waals surface area contributed by atoms with Crippen molar-refractivity contribution in [1.82, 2.24) is 9.55 Å². The van der Waals surface area contributed by atoms with Gasteiger partial charge in [-0.05, 0) is 24.7 Å². The molecule has 0 aliphatic carbocycles. The summed E-state index contributed by atoms with van der Waals surface area (Å²) in [6, 6.07) is 0. The van der Waals surface area contributed by atoms with Gasteiger partial charge in [-0.15, -0.1) is 0 Å². The minimum absolute atomic E-state index is 0.0511. The van der Waals surface area contributed by atoms with E-state index in [4.69, 9.17) is 0 Å². The first-order valence-corrected chi connectivity index (χ1v) is 5.76. The zero-order valence-electron chi connectivity index (χ0n) is 9.66. The van der Waals surface area contributed by atoms with Gasteiger partial charge in [0.05, 0.1) is 5.69 Å². The van der Waals surface area contributed by atoms with Crippen LogP contribution in [0.15, 0.2) is 6.20 Å². The fourth-order valence-corrected chi connectivity index (χ4v) is 2.10. The SMILES string of the molecule is CC(C)(CO)Cc1cn2c(n1)CCCC2. The van der Waals surface area contributed by atoms with Gasteiger partial charge in [-0.25, -0.2) is 4.98 Å². The number of hydrogen-bond acceptors (Lipinski definition) is 2. The van der Waals surface area contributed by atoms with E-state index >= 15 is 0 Å². The number of aromatic nitrogens is 2. The van der Waals surface area contributed by atoms with Crippen LogP contribution in [-0.2, 0) is 19.4 Å². The van der Waals surface area contributed by atoms with Crippen molar-refractivity contribution in [3.05, 3.63) is 17.7 Å². The maximum Gasteiger partial charge on any atom is 0.108 e. The zero-order chi connectivity index (χ0) is 10.9. The van der Waals surface area contributed by atoms with Gasteiger partial charge in [0, 0.05) is 25.8 Å². The van der Waals surface area contributed by atoms with Gasteiger partial charge >= 0.3 is 0 Å². The Kier molecular flexibility index (Phi) is 2.83. The van der Waals surface area contributed by atoms with Gasteiger partial charge in [0.15, 0.2) is 0 Å². The third-order valence-electron chi connectivity index (χ3n) is 3.05. The highest BCUT2D eigenvalue weighted by Gasteiger charge is 2.20. The van der Waals surface area contributed by atoms with Crippen LogP contribution in [-0.4, -0.2) is 21.3 Å². The fourth-order valence-electron chi connectivity index (χ4n) is 2.10. The molecule has 1 aliphatic rings. The van der Waals surface area contributed by atoms with E-state index in [2.05, 4.69) is 29.6 Å². The minimum Gasteiger partial charge on any atom is -0.396 e. The van der Waals surface area contributed by atoms with Crippen molar-refractivity contribution in [2.45, 2.75) is 46.1 Å². The highest BCUT2D eigenvalue weighted by atomic mass is 16.3. The first-order valence-electron chi connectivity index (χ1n) is 5.76. The summed E-state index contributed by atoms with van der Waals surface area (Å²) in [5.74, 6) is 1.23. The van der Waals surface area contributed by atoms with Gasteiger partial charge < -0.3 is 9.67 Å². The van der Waals surface area contributed by atoms with Crippen LogP contribution in [0.25, 0.3) is 0 Å². The molecule has 1 aromatic heterocycles. The van der Waals surface area contributed by atoms with Crippen LogP contribution in [0.3, 0.4) is 0 Å². The summed E-state index contributed by atoms with van der Waals surface area (Å²) in [4.78, 5) is 4.64. The number of nitrogens with zero attached hydrogens (tertiary/aromatic N) is 2. The smallest absolute Gasteiger partial charge is 0.108 e. The van der Waals surface area contributed by atoms with Gasteiger partial charge in [0.1, 0.15) is 5.82 Å². The van der Waals surface area contributed by atoms with Crippen LogP contribution < -0.4 is 0 Å². The zero-order valence-corrected chi connectivity index (χ0v) is 9.66. The van der Waals surface area contributed by atoms with E-state index in [1.165, 1.54) is 18.7 Å². The lowest BCUT2D eigenvalue weighted by Gasteiger charge is -2.19. The first kappa shape index (κ1) is 10.7. The summed E-state index contributed by atoms with van der Waals surface area (Å²) in [7, 11) is 0. The molecule has 0 bridgehead atoms. The van der Waals surface area contributed by atoms with Crippen LogP contribution in [0, 0.1) is 5.41 Å².